The van der Waals surface area contributed by atoms with E-state index < -0.39 is 0 Å². The number of hydrogen-bond donors (Lipinski definition) is 0. The van der Waals surface area contributed by atoms with Gasteiger partial charge in [-0.2, -0.15) is 0 Å². The predicted molar refractivity (Wildman–Crippen MR) is 130 cm³/mol. The first-order valence-corrected chi connectivity index (χ1v) is 12.2. The maximum atomic E-state index is 15.2. The lowest BCUT2D eigenvalue weighted by Gasteiger charge is -2.20. The maximum Gasteiger partial charge on any atom is 0.213 e. The summed E-state index contributed by atoms with van der Waals surface area (Å²) in [5.74, 6) is 1.78. The lowest BCUT2D eigenvalue weighted by Crippen LogP contribution is -2.13. The molecule has 3 aromatic rings. The fourth-order valence-electron chi connectivity index (χ4n) is 6.66. The number of hydrogen-bond acceptors (Lipinski definition) is 3. The summed E-state index contributed by atoms with van der Waals surface area (Å²) in [7, 11) is 0. The normalized spacial score (nSPS) is 25.4. The van der Waals surface area contributed by atoms with Crippen molar-refractivity contribution in [3.05, 3.63) is 93.4 Å². The number of ether oxygens (including phenoxy) is 1. The van der Waals surface area contributed by atoms with Gasteiger partial charge in [0, 0.05) is 29.7 Å². The smallest absolute Gasteiger partial charge is 0.213 e. The number of pyridine rings is 1. The second-order valence-corrected chi connectivity index (χ2v) is 11.1. The van der Waals surface area contributed by atoms with Crippen LogP contribution in [-0.2, 0) is 23.2 Å². The third-order valence-electron chi connectivity index (χ3n) is 8.43. The molecule has 0 saturated heterocycles. The molecule has 0 radical (unpaired) electrons. The molecule has 6 rings (SSSR count). The predicted octanol–water partition coefficient (Wildman–Crippen LogP) is 6.40. The van der Waals surface area contributed by atoms with Gasteiger partial charge in [0.2, 0.25) is 5.88 Å². The molecule has 174 valence electrons. The molecule has 0 bridgehead atoms. The van der Waals surface area contributed by atoms with Gasteiger partial charge in [0.05, 0.1) is 0 Å². The zero-order valence-electron chi connectivity index (χ0n) is 20.2. The largest absolute Gasteiger partial charge is 0.473 e. The number of halogens is 1. The van der Waals surface area contributed by atoms with Crippen LogP contribution in [0.1, 0.15) is 78.0 Å². The summed E-state index contributed by atoms with van der Waals surface area (Å²) in [6.45, 7) is 8.39. The highest BCUT2D eigenvalue weighted by Crippen LogP contribution is 2.61. The SMILES string of the molecule is CC(=O)[C@H]1[C@@H]2Cc3cc(OCc4cc5c(cc4F)C(C)(C)CC5c4ccccc4C)ncc3[C@@H]21. The topological polar surface area (TPSA) is 39.2 Å². The fourth-order valence-corrected chi connectivity index (χ4v) is 6.66. The molecule has 2 aromatic carbocycles. The van der Waals surface area contributed by atoms with Crippen molar-refractivity contribution in [1.82, 2.24) is 4.98 Å². The number of benzene rings is 2. The molecule has 4 heteroatoms. The van der Waals surface area contributed by atoms with Crippen molar-refractivity contribution in [2.45, 2.75) is 64.4 Å². The number of ketones is 1. The van der Waals surface area contributed by atoms with Gasteiger partial charge in [-0.25, -0.2) is 9.37 Å². The molecule has 0 N–H and O–H groups in total. The van der Waals surface area contributed by atoms with E-state index in [0.29, 0.717) is 23.3 Å². The highest BCUT2D eigenvalue weighted by molar-refractivity contribution is 5.84. The minimum absolute atomic E-state index is 0.0807. The molecule has 1 saturated carbocycles. The second kappa shape index (κ2) is 7.49. The van der Waals surface area contributed by atoms with Gasteiger partial charge < -0.3 is 4.74 Å². The molecule has 1 unspecified atom stereocenters. The van der Waals surface area contributed by atoms with E-state index in [-0.39, 0.29) is 35.5 Å². The van der Waals surface area contributed by atoms with Crippen LogP contribution < -0.4 is 4.74 Å². The summed E-state index contributed by atoms with van der Waals surface area (Å²) < 4.78 is 21.1. The first-order valence-electron chi connectivity index (χ1n) is 12.2. The van der Waals surface area contributed by atoms with Crippen molar-refractivity contribution < 1.29 is 13.9 Å². The number of aryl methyl sites for hydroxylation is 1. The number of carbonyl (C=O) groups excluding carboxylic acids is 1. The average Bonchev–Trinajstić information content (AvgIpc) is 3.30. The van der Waals surface area contributed by atoms with Gasteiger partial charge in [-0.3, -0.25) is 4.79 Å². The van der Waals surface area contributed by atoms with Gasteiger partial charge in [0.25, 0.3) is 0 Å². The number of rotatable bonds is 5. The number of nitrogens with zero attached hydrogens (tertiary/aromatic N) is 1. The molecular weight excluding hydrogens is 425 g/mol. The minimum Gasteiger partial charge on any atom is -0.473 e. The molecule has 4 atom stereocenters. The summed E-state index contributed by atoms with van der Waals surface area (Å²) >= 11 is 0. The van der Waals surface area contributed by atoms with Crippen LogP contribution in [0.3, 0.4) is 0 Å². The van der Waals surface area contributed by atoms with Crippen molar-refractivity contribution in [2.24, 2.45) is 11.8 Å². The van der Waals surface area contributed by atoms with Crippen molar-refractivity contribution in [2.75, 3.05) is 0 Å². The molecule has 0 amide bonds. The number of fused-ring (bicyclic) bond motifs is 4. The standard InChI is InChI=1S/C30H30FNO2/c1-16-7-5-6-8-20(16)23-13-30(3,4)25-12-26(31)19(10-21(23)25)15-34-27-11-18-9-22-28(17(2)33)29(22)24(18)14-32-27/h5-8,10-12,14,22-23,28-29H,9,13,15H2,1-4H3/t22-,23?,28-,29+/m0/s1. The fraction of sp³-hybridized carbons (Fsp3) is 0.400. The highest BCUT2D eigenvalue weighted by Gasteiger charge is 2.58. The van der Waals surface area contributed by atoms with Crippen molar-refractivity contribution >= 4 is 5.78 Å². The summed E-state index contributed by atoms with van der Waals surface area (Å²) in [4.78, 5) is 16.2. The number of carbonyl (C=O) groups is 1. The minimum atomic E-state index is -0.219. The van der Waals surface area contributed by atoms with E-state index in [1.165, 1.54) is 27.8 Å². The van der Waals surface area contributed by atoms with E-state index in [1.54, 1.807) is 13.0 Å². The van der Waals surface area contributed by atoms with Gasteiger partial charge in [0.15, 0.2) is 0 Å². The Morgan fingerprint density at radius 1 is 1.15 bits per heavy atom. The lowest BCUT2D eigenvalue weighted by atomic mass is 9.84. The monoisotopic (exact) mass is 455 g/mol. The first kappa shape index (κ1) is 21.5. The van der Waals surface area contributed by atoms with Gasteiger partial charge in [-0.1, -0.05) is 38.1 Å². The zero-order chi connectivity index (χ0) is 23.8. The van der Waals surface area contributed by atoms with E-state index >= 15 is 4.39 Å². The Balaban J connectivity index is 1.25. The Bertz CT molecular complexity index is 1330. The van der Waals surface area contributed by atoms with Crippen molar-refractivity contribution in [3.8, 4) is 5.88 Å². The molecule has 3 aliphatic carbocycles. The molecule has 3 aliphatic rings. The second-order valence-electron chi connectivity index (χ2n) is 11.1. The van der Waals surface area contributed by atoms with Crippen LogP contribution in [-0.4, -0.2) is 10.8 Å². The van der Waals surface area contributed by atoms with Crippen molar-refractivity contribution in [1.29, 1.82) is 0 Å². The van der Waals surface area contributed by atoms with Crippen LogP contribution in [0.5, 0.6) is 5.88 Å². The lowest BCUT2D eigenvalue weighted by molar-refractivity contribution is -0.118. The van der Waals surface area contributed by atoms with E-state index in [4.69, 9.17) is 4.74 Å². The Morgan fingerprint density at radius 3 is 2.71 bits per heavy atom. The van der Waals surface area contributed by atoms with Gasteiger partial charge in [0.1, 0.15) is 18.2 Å². The first-order chi connectivity index (χ1) is 16.2. The third-order valence-corrected chi connectivity index (χ3v) is 8.43. The summed E-state index contributed by atoms with van der Waals surface area (Å²) in [6, 6.07) is 14.2. The molecule has 0 spiro atoms. The molecule has 0 aliphatic heterocycles. The third kappa shape index (κ3) is 3.30. The van der Waals surface area contributed by atoms with Crippen LogP contribution in [0.4, 0.5) is 4.39 Å². The van der Waals surface area contributed by atoms with E-state index in [1.807, 2.05) is 18.3 Å². The zero-order valence-corrected chi connectivity index (χ0v) is 20.2. The summed E-state index contributed by atoms with van der Waals surface area (Å²) in [5, 5.41) is 0. The quantitative estimate of drug-likeness (QED) is 0.447. The van der Waals surface area contributed by atoms with Crippen LogP contribution in [0.25, 0.3) is 0 Å². The summed E-state index contributed by atoms with van der Waals surface area (Å²) in [5.41, 5.74) is 7.77. The number of Topliss-reactive ketones (excluding diaryl/α,β-unsaturated/α-hetero) is 1. The molecule has 1 fully saturated rings. The molecule has 1 heterocycles. The highest BCUT2D eigenvalue weighted by atomic mass is 19.1. The van der Waals surface area contributed by atoms with Crippen LogP contribution >= 0.6 is 0 Å². The summed E-state index contributed by atoms with van der Waals surface area (Å²) in [6.07, 6.45) is 3.73. The van der Waals surface area contributed by atoms with E-state index in [0.717, 1.165) is 18.4 Å². The Labute approximate surface area is 200 Å². The van der Waals surface area contributed by atoms with Gasteiger partial charge in [-0.15, -0.1) is 0 Å². The number of aromatic nitrogens is 1. The maximum absolute atomic E-state index is 15.2. The molecule has 1 aromatic heterocycles. The molecule has 34 heavy (non-hydrogen) atoms. The molecule has 3 nitrogen and oxygen atoms in total. The van der Waals surface area contributed by atoms with Crippen LogP contribution in [0.2, 0.25) is 0 Å². The Hall–Kier alpha value is -3.01. The van der Waals surface area contributed by atoms with Crippen LogP contribution in [0, 0.1) is 24.6 Å². The van der Waals surface area contributed by atoms with Gasteiger partial charge in [-0.05, 0) is 89.5 Å². The Morgan fingerprint density at radius 2 is 1.94 bits per heavy atom. The van der Waals surface area contributed by atoms with Gasteiger partial charge >= 0.3 is 0 Å². The molecular formula is C30H30FNO2. The van der Waals surface area contributed by atoms with Crippen LogP contribution in [0.15, 0.2) is 48.7 Å². The average molecular weight is 456 g/mol. The van der Waals surface area contributed by atoms with E-state index in [2.05, 4.69) is 50.0 Å². The van der Waals surface area contributed by atoms with Crippen molar-refractivity contribution in [3.63, 3.8) is 0 Å². The van der Waals surface area contributed by atoms with E-state index in [9.17, 15) is 4.79 Å². The Kier molecular flexibility index (Phi) is 4.74.